The molecule has 154 valence electrons. The van der Waals surface area contributed by atoms with Gasteiger partial charge in [-0.1, -0.05) is 30.4 Å². The van der Waals surface area contributed by atoms with Gasteiger partial charge < -0.3 is 10.6 Å². The molecule has 0 radical (unpaired) electrons. The van der Waals surface area contributed by atoms with E-state index in [1.165, 1.54) is 11.0 Å². The van der Waals surface area contributed by atoms with Crippen molar-refractivity contribution in [2.75, 3.05) is 19.6 Å². The van der Waals surface area contributed by atoms with Crippen LogP contribution in [0.15, 0.2) is 41.4 Å². The Bertz CT molecular complexity index is 823. The molecule has 1 aliphatic heterocycles. The molecule has 3 aliphatic rings. The summed E-state index contributed by atoms with van der Waals surface area (Å²) in [6.07, 6.45) is 5.81. The predicted molar refractivity (Wildman–Crippen MR) is 108 cm³/mol. The first kappa shape index (κ1) is 19.6. The molecule has 6 nitrogen and oxygen atoms in total. The van der Waals surface area contributed by atoms with Gasteiger partial charge in [-0.05, 0) is 37.7 Å². The Morgan fingerprint density at radius 2 is 1.83 bits per heavy atom. The number of nitrogens with zero attached hydrogens (tertiary/aromatic N) is 2. The average molecular weight is 398 g/mol. The molecule has 1 saturated carbocycles. The molecule has 0 spiro atoms. The monoisotopic (exact) mass is 398 g/mol. The first-order valence-electron chi connectivity index (χ1n) is 10.4. The van der Waals surface area contributed by atoms with Crippen LogP contribution in [0.2, 0.25) is 0 Å². The molecule has 4 rings (SSSR count). The van der Waals surface area contributed by atoms with Gasteiger partial charge in [-0.2, -0.15) is 0 Å². The van der Waals surface area contributed by atoms with Crippen LogP contribution in [0.25, 0.3) is 0 Å². The van der Waals surface area contributed by atoms with E-state index in [0.717, 1.165) is 6.42 Å². The zero-order chi connectivity index (χ0) is 20.4. The number of carbonyl (C=O) groups excluding carboxylic acids is 2. The van der Waals surface area contributed by atoms with Crippen molar-refractivity contribution in [1.82, 2.24) is 15.5 Å². The lowest BCUT2D eigenvalue weighted by molar-refractivity contribution is -0.140. The summed E-state index contributed by atoms with van der Waals surface area (Å²) in [6, 6.07) is 6.58. The number of likely N-dealkylation sites (tertiary alicyclic amines) is 1. The zero-order valence-corrected chi connectivity index (χ0v) is 16.6. The Morgan fingerprint density at radius 1 is 1.14 bits per heavy atom. The number of hydrogen-bond donors (Lipinski definition) is 2. The number of amides is 2. The summed E-state index contributed by atoms with van der Waals surface area (Å²) in [5, 5.41) is 6.33. The summed E-state index contributed by atoms with van der Waals surface area (Å²) in [5.41, 5.74) is 0.535. The second-order valence-electron chi connectivity index (χ2n) is 7.89. The SMILES string of the molecule is CCNC(=NCc1ccccc1F)NCCCN1C(=O)C2C3C=CC(C3)C2C1=O. The highest BCUT2D eigenvalue weighted by Gasteiger charge is 2.58. The number of fused-ring (bicyclic) bond motifs is 5. The maximum absolute atomic E-state index is 13.8. The first-order chi connectivity index (χ1) is 14.1. The molecule has 1 aromatic carbocycles. The van der Waals surface area contributed by atoms with Crippen LogP contribution in [0.5, 0.6) is 0 Å². The lowest BCUT2D eigenvalue weighted by atomic mass is 9.85. The smallest absolute Gasteiger partial charge is 0.233 e. The third kappa shape index (κ3) is 3.78. The summed E-state index contributed by atoms with van der Waals surface area (Å²) in [4.78, 5) is 31.2. The van der Waals surface area contributed by atoms with Crippen LogP contribution in [-0.4, -0.2) is 42.3 Å². The van der Waals surface area contributed by atoms with Crippen molar-refractivity contribution in [3.05, 3.63) is 47.8 Å². The third-order valence-electron chi connectivity index (χ3n) is 6.12. The van der Waals surface area contributed by atoms with Gasteiger partial charge in [0.1, 0.15) is 5.82 Å². The number of guanidine groups is 1. The fraction of sp³-hybridized carbons (Fsp3) is 0.500. The number of nitrogens with one attached hydrogen (secondary N) is 2. The van der Waals surface area contributed by atoms with Crippen LogP contribution in [0.4, 0.5) is 4.39 Å². The third-order valence-corrected chi connectivity index (χ3v) is 6.12. The summed E-state index contributed by atoms with van der Waals surface area (Å²) in [6.45, 7) is 3.88. The number of benzene rings is 1. The van der Waals surface area contributed by atoms with Crippen molar-refractivity contribution in [3.63, 3.8) is 0 Å². The molecule has 2 N–H and O–H groups in total. The zero-order valence-electron chi connectivity index (χ0n) is 16.6. The summed E-state index contributed by atoms with van der Waals surface area (Å²) < 4.78 is 13.8. The molecule has 1 heterocycles. The van der Waals surface area contributed by atoms with Gasteiger partial charge in [0.15, 0.2) is 5.96 Å². The van der Waals surface area contributed by atoms with E-state index in [1.807, 2.05) is 6.92 Å². The molecule has 7 heteroatoms. The fourth-order valence-electron chi connectivity index (χ4n) is 4.76. The van der Waals surface area contributed by atoms with E-state index in [2.05, 4.69) is 27.8 Å². The number of hydrogen-bond acceptors (Lipinski definition) is 3. The molecule has 2 aliphatic carbocycles. The van der Waals surface area contributed by atoms with Crippen molar-refractivity contribution < 1.29 is 14.0 Å². The van der Waals surface area contributed by atoms with Gasteiger partial charge >= 0.3 is 0 Å². The lowest BCUT2D eigenvalue weighted by Gasteiger charge is -2.18. The molecule has 4 atom stereocenters. The second-order valence-corrected chi connectivity index (χ2v) is 7.89. The molecule has 1 aromatic rings. The van der Waals surface area contributed by atoms with E-state index in [9.17, 15) is 14.0 Å². The van der Waals surface area contributed by atoms with Gasteiger partial charge in [0.05, 0.1) is 18.4 Å². The van der Waals surface area contributed by atoms with Gasteiger partial charge in [0.2, 0.25) is 11.8 Å². The Morgan fingerprint density at radius 3 is 2.48 bits per heavy atom. The van der Waals surface area contributed by atoms with Crippen molar-refractivity contribution in [2.24, 2.45) is 28.7 Å². The Hall–Kier alpha value is -2.70. The second kappa shape index (κ2) is 8.35. The highest BCUT2D eigenvalue weighted by molar-refractivity contribution is 6.06. The molecule has 2 amide bonds. The Kier molecular flexibility index (Phi) is 5.65. The largest absolute Gasteiger partial charge is 0.357 e. The number of carbonyl (C=O) groups is 2. The number of rotatable bonds is 7. The summed E-state index contributed by atoms with van der Waals surface area (Å²) in [7, 11) is 0. The first-order valence-corrected chi connectivity index (χ1v) is 10.4. The Balaban J connectivity index is 1.28. The van der Waals surface area contributed by atoms with Gasteiger partial charge in [-0.25, -0.2) is 9.38 Å². The lowest BCUT2D eigenvalue weighted by Crippen LogP contribution is -2.40. The number of imide groups is 1. The van der Waals surface area contributed by atoms with Crippen molar-refractivity contribution >= 4 is 17.8 Å². The van der Waals surface area contributed by atoms with E-state index < -0.39 is 0 Å². The van der Waals surface area contributed by atoms with E-state index in [1.54, 1.807) is 18.2 Å². The van der Waals surface area contributed by atoms with Crippen LogP contribution in [0, 0.1) is 29.5 Å². The average Bonchev–Trinajstić information content (AvgIpc) is 3.39. The van der Waals surface area contributed by atoms with Gasteiger partial charge in [-0.3, -0.25) is 14.5 Å². The molecular formula is C22H27FN4O2. The molecule has 29 heavy (non-hydrogen) atoms. The predicted octanol–water partition coefficient (Wildman–Crippen LogP) is 2.08. The van der Waals surface area contributed by atoms with Gasteiger partial charge in [0, 0.05) is 25.2 Å². The number of aliphatic imine (C=N–C) groups is 1. The molecular weight excluding hydrogens is 371 g/mol. The van der Waals surface area contributed by atoms with Gasteiger partial charge in [-0.15, -0.1) is 0 Å². The van der Waals surface area contributed by atoms with E-state index in [4.69, 9.17) is 0 Å². The minimum absolute atomic E-state index is 0.00280. The quantitative estimate of drug-likeness (QED) is 0.243. The molecule has 2 bridgehead atoms. The van der Waals surface area contributed by atoms with Crippen molar-refractivity contribution in [2.45, 2.75) is 26.3 Å². The van der Waals surface area contributed by atoms with E-state index in [-0.39, 0.29) is 47.8 Å². The normalized spacial score (nSPS) is 27.7. The maximum Gasteiger partial charge on any atom is 0.233 e. The topological polar surface area (TPSA) is 73.8 Å². The van der Waals surface area contributed by atoms with Crippen molar-refractivity contribution in [1.29, 1.82) is 0 Å². The highest BCUT2D eigenvalue weighted by atomic mass is 19.1. The Labute approximate surface area is 170 Å². The minimum atomic E-state index is -0.271. The van der Waals surface area contributed by atoms with Gasteiger partial charge in [0.25, 0.3) is 0 Å². The fourth-order valence-corrected chi connectivity index (χ4v) is 4.76. The van der Waals surface area contributed by atoms with Crippen LogP contribution < -0.4 is 10.6 Å². The summed E-state index contributed by atoms with van der Waals surface area (Å²) >= 11 is 0. The minimum Gasteiger partial charge on any atom is -0.357 e. The van der Waals surface area contributed by atoms with Crippen LogP contribution in [-0.2, 0) is 16.1 Å². The molecule has 4 unspecified atom stereocenters. The molecule has 2 fully saturated rings. The van der Waals surface area contributed by atoms with Crippen LogP contribution in [0.1, 0.15) is 25.3 Å². The van der Waals surface area contributed by atoms with E-state index >= 15 is 0 Å². The van der Waals surface area contributed by atoms with E-state index in [0.29, 0.717) is 37.6 Å². The molecule has 1 saturated heterocycles. The number of halogens is 1. The summed E-state index contributed by atoms with van der Waals surface area (Å²) in [5.74, 6) is 0.538. The van der Waals surface area contributed by atoms with Crippen LogP contribution in [0.3, 0.4) is 0 Å². The highest BCUT2D eigenvalue weighted by Crippen LogP contribution is 2.52. The molecule has 0 aromatic heterocycles. The standard InChI is InChI=1S/C22H27FN4O2/c1-2-24-22(26-13-16-6-3-4-7-17(16)23)25-10-5-11-27-20(28)18-14-8-9-15(12-14)19(18)21(27)29/h3-4,6-9,14-15,18-19H,2,5,10-13H2,1H3,(H2,24,25,26). The van der Waals surface area contributed by atoms with Crippen molar-refractivity contribution in [3.8, 4) is 0 Å². The van der Waals surface area contributed by atoms with Crippen LogP contribution >= 0.6 is 0 Å². The number of allylic oxidation sites excluding steroid dienone is 2. The maximum atomic E-state index is 13.8.